The van der Waals surface area contributed by atoms with Crippen LogP contribution in [0.1, 0.15) is 12.8 Å². The number of nitrogens with two attached hydrogens (primary N) is 1. The van der Waals surface area contributed by atoms with Crippen LogP contribution >= 0.6 is 0 Å². The van der Waals surface area contributed by atoms with Gasteiger partial charge in [-0.25, -0.2) is 0 Å². The van der Waals surface area contributed by atoms with E-state index in [0.717, 1.165) is 12.5 Å². The predicted molar refractivity (Wildman–Crippen MR) is 45.9 cm³/mol. The van der Waals surface area contributed by atoms with Crippen LogP contribution in [0.2, 0.25) is 0 Å². The molecule has 1 saturated carbocycles. The standard InChI is InChI=1S/C8H16N2O2/c9-3-4-10(6-8(11)12)5-7-1-2-7/h7H,1-6,9H2,(H,11,12). The molecule has 1 aliphatic carbocycles. The highest BCUT2D eigenvalue weighted by atomic mass is 16.4. The van der Waals surface area contributed by atoms with E-state index in [4.69, 9.17) is 10.8 Å². The summed E-state index contributed by atoms with van der Waals surface area (Å²) in [4.78, 5) is 12.3. The summed E-state index contributed by atoms with van der Waals surface area (Å²) in [7, 11) is 0. The van der Waals surface area contributed by atoms with E-state index in [1.54, 1.807) is 0 Å². The molecule has 70 valence electrons. The zero-order chi connectivity index (χ0) is 8.97. The van der Waals surface area contributed by atoms with E-state index in [2.05, 4.69) is 0 Å². The van der Waals surface area contributed by atoms with Gasteiger partial charge in [0.2, 0.25) is 0 Å². The number of aliphatic carboxylic acids is 1. The van der Waals surface area contributed by atoms with E-state index in [0.29, 0.717) is 13.1 Å². The molecule has 1 aliphatic rings. The predicted octanol–water partition coefficient (Wildman–Crippen LogP) is -0.258. The smallest absolute Gasteiger partial charge is 0.317 e. The first-order valence-electron chi connectivity index (χ1n) is 4.36. The summed E-state index contributed by atoms with van der Waals surface area (Å²) in [6.45, 7) is 2.28. The van der Waals surface area contributed by atoms with Gasteiger partial charge in [0.1, 0.15) is 0 Å². The van der Waals surface area contributed by atoms with E-state index >= 15 is 0 Å². The molecular weight excluding hydrogens is 156 g/mol. The zero-order valence-electron chi connectivity index (χ0n) is 7.20. The molecule has 0 aromatic heterocycles. The maximum absolute atomic E-state index is 10.4. The van der Waals surface area contributed by atoms with Crippen molar-refractivity contribution in [2.75, 3.05) is 26.2 Å². The van der Waals surface area contributed by atoms with Gasteiger partial charge in [-0.2, -0.15) is 0 Å². The summed E-state index contributed by atoms with van der Waals surface area (Å²) >= 11 is 0. The second-order valence-electron chi connectivity index (χ2n) is 3.36. The molecular formula is C8H16N2O2. The third-order valence-electron chi connectivity index (χ3n) is 2.02. The van der Waals surface area contributed by atoms with E-state index in [1.165, 1.54) is 12.8 Å². The number of hydrogen-bond acceptors (Lipinski definition) is 3. The van der Waals surface area contributed by atoms with Crippen molar-refractivity contribution in [3.8, 4) is 0 Å². The third kappa shape index (κ3) is 3.69. The Kier molecular flexibility index (Phi) is 3.49. The van der Waals surface area contributed by atoms with E-state index in [1.807, 2.05) is 4.90 Å². The largest absolute Gasteiger partial charge is 0.480 e. The number of nitrogens with zero attached hydrogens (tertiary/aromatic N) is 1. The molecule has 0 radical (unpaired) electrons. The molecule has 0 heterocycles. The number of hydrogen-bond donors (Lipinski definition) is 2. The Morgan fingerprint density at radius 1 is 1.58 bits per heavy atom. The normalized spacial score (nSPS) is 16.8. The van der Waals surface area contributed by atoms with Crippen LogP contribution in [0.4, 0.5) is 0 Å². The van der Waals surface area contributed by atoms with Crippen molar-refractivity contribution in [2.24, 2.45) is 11.7 Å². The molecule has 0 spiro atoms. The van der Waals surface area contributed by atoms with Crippen molar-refractivity contribution >= 4 is 5.97 Å². The first-order valence-corrected chi connectivity index (χ1v) is 4.36. The second-order valence-corrected chi connectivity index (χ2v) is 3.36. The number of carbonyl (C=O) groups is 1. The molecule has 0 aromatic rings. The van der Waals surface area contributed by atoms with Crippen LogP contribution in [0.5, 0.6) is 0 Å². The number of rotatable bonds is 6. The molecule has 0 saturated heterocycles. The minimum absolute atomic E-state index is 0.133. The van der Waals surface area contributed by atoms with Crippen LogP contribution in [0.15, 0.2) is 0 Å². The molecule has 0 unspecified atom stereocenters. The van der Waals surface area contributed by atoms with E-state index in [9.17, 15) is 4.79 Å². The van der Waals surface area contributed by atoms with Gasteiger partial charge in [0, 0.05) is 19.6 Å². The first-order chi connectivity index (χ1) is 5.72. The average Bonchev–Trinajstić information content (AvgIpc) is 2.70. The summed E-state index contributed by atoms with van der Waals surface area (Å²) in [5.41, 5.74) is 5.37. The lowest BCUT2D eigenvalue weighted by Gasteiger charge is -2.18. The summed E-state index contributed by atoms with van der Waals surface area (Å²) in [5, 5.41) is 8.56. The molecule has 0 amide bonds. The SMILES string of the molecule is NCCN(CC(=O)O)CC1CC1. The Morgan fingerprint density at radius 3 is 2.67 bits per heavy atom. The van der Waals surface area contributed by atoms with Gasteiger partial charge in [-0.15, -0.1) is 0 Å². The Morgan fingerprint density at radius 2 is 2.25 bits per heavy atom. The van der Waals surface area contributed by atoms with Gasteiger partial charge in [0.05, 0.1) is 6.54 Å². The van der Waals surface area contributed by atoms with Gasteiger partial charge >= 0.3 is 5.97 Å². The average molecular weight is 172 g/mol. The van der Waals surface area contributed by atoms with E-state index in [-0.39, 0.29) is 6.54 Å². The monoisotopic (exact) mass is 172 g/mol. The van der Waals surface area contributed by atoms with Gasteiger partial charge in [0.15, 0.2) is 0 Å². The summed E-state index contributed by atoms with van der Waals surface area (Å²) < 4.78 is 0. The topological polar surface area (TPSA) is 66.6 Å². The molecule has 0 aliphatic heterocycles. The van der Waals surface area contributed by atoms with Crippen LogP contribution in [0.3, 0.4) is 0 Å². The summed E-state index contributed by atoms with van der Waals surface area (Å²) in [6.07, 6.45) is 2.50. The molecule has 12 heavy (non-hydrogen) atoms. The van der Waals surface area contributed by atoms with Gasteiger partial charge in [-0.1, -0.05) is 0 Å². The zero-order valence-corrected chi connectivity index (χ0v) is 7.20. The third-order valence-corrected chi connectivity index (χ3v) is 2.02. The molecule has 0 bridgehead atoms. The van der Waals surface area contributed by atoms with Crippen LogP contribution in [0, 0.1) is 5.92 Å². The van der Waals surface area contributed by atoms with Crippen LogP contribution in [-0.4, -0.2) is 42.2 Å². The molecule has 1 rings (SSSR count). The lowest BCUT2D eigenvalue weighted by molar-refractivity contribution is -0.138. The molecule has 4 heteroatoms. The summed E-state index contributed by atoms with van der Waals surface area (Å²) in [5.74, 6) is -0.0278. The van der Waals surface area contributed by atoms with E-state index < -0.39 is 5.97 Å². The molecule has 3 N–H and O–H groups in total. The number of carboxylic acid groups (broad SMARTS) is 1. The van der Waals surface area contributed by atoms with Crippen molar-refractivity contribution in [1.29, 1.82) is 0 Å². The van der Waals surface area contributed by atoms with Crippen molar-refractivity contribution in [3.63, 3.8) is 0 Å². The summed E-state index contributed by atoms with van der Waals surface area (Å²) in [6, 6.07) is 0. The van der Waals surface area contributed by atoms with Gasteiger partial charge in [0.25, 0.3) is 0 Å². The molecule has 1 fully saturated rings. The minimum atomic E-state index is -0.760. The molecule has 0 aromatic carbocycles. The molecule has 4 nitrogen and oxygen atoms in total. The fourth-order valence-electron chi connectivity index (χ4n) is 1.27. The highest BCUT2D eigenvalue weighted by Crippen LogP contribution is 2.29. The quantitative estimate of drug-likeness (QED) is 0.579. The van der Waals surface area contributed by atoms with Gasteiger partial charge < -0.3 is 10.8 Å². The van der Waals surface area contributed by atoms with Crippen LogP contribution in [0.25, 0.3) is 0 Å². The second kappa shape index (κ2) is 4.42. The Bertz CT molecular complexity index is 157. The Labute approximate surface area is 72.3 Å². The maximum atomic E-state index is 10.4. The maximum Gasteiger partial charge on any atom is 0.317 e. The van der Waals surface area contributed by atoms with Gasteiger partial charge in [-0.3, -0.25) is 9.69 Å². The number of carboxylic acids is 1. The highest BCUT2D eigenvalue weighted by molar-refractivity contribution is 5.69. The van der Waals surface area contributed by atoms with Crippen molar-refractivity contribution < 1.29 is 9.90 Å². The Hall–Kier alpha value is -0.610. The van der Waals surface area contributed by atoms with Crippen molar-refractivity contribution in [3.05, 3.63) is 0 Å². The van der Waals surface area contributed by atoms with Crippen molar-refractivity contribution in [1.82, 2.24) is 4.90 Å². The van der Waals surface area contributed by atoms with Crippen LogP contribution < -0.4 is 5.73 Å². The van der Waals surface area contributed by atoms with Crippen molar-refractivity contribution in [2.45, 2.75) is 12.8 Å². The van der Waals surface area contributed by atoms with Gasteiger partial charge in [-0.05, 0) is 18.8 Å². The Balaban J connectivity index is 2.20. The fourth-order valence-corrected chi connectivity index (χ4v) is 1.27. The fraction of sp³-hybridized carbons (Fsp3) is 0.875. The molecule has 0 atom stereocenters. The lowest BCUT2D eigenvalue weighted by Crippen LogP contribution is -2.35. The minimum Gasteiger partial charge on any atom is -0.480 e. The highest BCUT2D eigenvalue weighted by Gasteiger charge is 2.24. The first kappa shape index (κ1) is 9.48. The van der Waals surface area contributed by atoms with Crippen LogP contribution in [-0.2, 0) is 4.79 Å². The lowest BCUT2D eigenvalue weighted by atomic mass is 10.3.